The molecule has 2 aromatic rings. The van der Waals surface area contributed by atoms with E-state index in [0.29, 0.717) is 35.7 Å². The van der Waals surface area contributed by atoms with Crippen LogP contribution in [0.5, 0.6) is 5.75 Å². The summed E-state index contributed by atoms with van der Waals surface area (Å²) in [5.74, 6) is -1.00. The lowest BCUT2D eigenvalue weighted by Gasteiger charge is -2.27. The third-order valence-electron chi connectivity index (χ3n) is 5.28. The zero-order chi connectivity index (χ0) is 19.8. The molecule has 1 saturated heterocycles. The standard InChI is InChI=1S/C21H20FN3O3/c1-12-8-17-19(21(26)25(12)11-15-6-3-7-27-15)18(16(10-23)20(24)28-17)13-4-2-5-14(22)9-13/h2,4-5,8-9,15,18H,3,6-7,11,24H2,1H3/t15-,18-/m0/s1. The van der Waals surface area contributed by atoms with E-state index >= 15 is 0 Å². The third kappa shape index (κ3) is 3.06. The molecule has 7 heteroatoms. The fraction of sp³-hybridized carbons (Fsp3) is 0.333. The van der Waals surface area contributed by atoms with Crippen molar-refractivity contribution in [1.29, 1.82) is 5.26 Å². The predicted molar refractivity (Wildman–Crippen MR) is 100 cm³/mol. The van der Waals surface area contributed by atoms with Crippen LogP contribution in [0.25, 0.3) is 0 Å². The van der Waals surface area contributed by atoms with Gasteiger partial charge in [-0.1, -0.05) is 12.1 Å². The Bertz CT molecular complexity index is 1060. The number of halogens is 1. The average molecular weight is 381 g/mol. The van der Waals surface area contributed by atoms with Crippen LogP contribution in [0.3, 0.4) is 0 Å². The van der Waals surface area contributed by atoms with Crippen molar-refractivity contribution in [2.75, 3.05) is 6.61 Å². The highest BCUT2D eigenvalue weighted by Crippen LogP contribution is 2.40. The van der Waals surface area contributed by atoms with Crippen LogP contribution in [0, 0.1) is 24.1 Å². The van der Waals surface area contributed by atoms with Crippen molar-refractivity contribution in [3.63, 3.8) is 0 Å². The Hall–Kier alpha value is -3.11. The summed E-state index contributed by atoms with van der Waals surface area (Å²) in [4.78, 5) is 13.4. The quantitative estimate of drug-likeness (QED) is 0.883. The van der Waals surface area contributed by atoms with Crippen LogP contribution < -0.4 is 16.0 Å². The molecular formula is C21H20FN3O3. The Morgan fingerprint density at radius 2 is 2.21 bits per heavy atom. The first-order valence-electron chi connectivity index (χ1n) is 9.18. The normalized spacial score (nSPS) is 21.2. The molecule has 1 aromatic heterocycles. The van der Waals surface area contributed by atoms with Crippen molar-refractivity contribution < 1.29 is 13.9 Å². The van der Waals surface area contributed by atoms with Crippen LogP contribution in [0.4, 0.5) is 4.39 Å². The second-order valence-corrected chi connectivity index (χ2v) is 7.09. The minimum Gasteiger partial charge on any atom is -0.440 e. The van der Waals surface area contributed by atoms with Gasteiger partial charge < -0.3 is 19.8 Å². The van der Waals surface area contributed by atoms with E-state index in [4.69, 9.17) is 15.2 Å². The molecule has 1 fully saturated rings. The highest BCUT2D eigenvalue weighted by molar-refractivity contribution is 5.55. The van der Waals surface area contributed by atoms with Gasteiger partial charge in [-0.3, -0.25) is 4.79 Å². The number of fused-ring (bicyclic) bond motifs is 1. The van der Waals surface area contributed by atoms with E-state index in [2.05, 4.69) is 0 Å². The molecule has 2 atom stereocenters. The van der Waals surface area contributed by atoms with Crippen LogP contribution in [-0.4, -0.2) is 17.3 Å². The molecule has 4 rings (SSSR count). The maximum Gasteiger partial charge on any atom is 0.258 e. The third-order valence-corrected chi connectivity index (χ3v) is 5.28. The topological polar surface area (TPSA) is 90.3 Å². The molecule has 2 N–H and O–H groups in total. The van der Waals surface area contributed by atoms with Gasteiger partial charge in [-0.15, -0.1) is 0 Å². The van der Waals surface area contributed by atoms with Crippen molar-refractivity contribution in [1.82, 2.24) is 4.57 Å². The Morgan fingerprint density at radius 1 is 1.39 bits per heavy atom. The number of benzene rings is 1. The fourth-order valence-electron chi connectivity index (χ4n) is 3.92. The van der Waals surface area contributed by atoms with E-state index in [-0.39, 0.29) is 23.1 Å². The second-order valence-electron chi connectivity index (χ2n) is 7.09. The Labute approximate surface area is 161 Å². The number of nitrogens with zero attached hydrogens (tertiary/aromatic N) is 2. The van der Waals surface area contributed by atoms with E-state index in [1.54, 1.807) is 22.8 Å². The largest absolute Gasteiger partial charge is 0.440 e. The summed E-state index contributed by atoms with van der Waals surface area (Å²) in [5.41, 5.74) is 7.26. The first-order valence-corrected chi connectivity index (χ1v) is 9.18. The molecule has 0 radical (unpaired) electrons. The van der Waals surface area contributed by atoms with Crippen molar-refractivity contribution in [2.45, 2.75) is 38.3 Å². The molecule has 2 aliphatic rings. The highest BCUT2D eigenvalue weighted by Gasteiger charge is 2.35. The average Bonchev–Trinajstić information content (AvgIpc) is 3.17. The number of nitriles is 1. The molecule has 28 heavy (non-hydrogen) atoms. The molecule has 3 heterocycles. The van der Waals surface area contributed by atoms with Crippen molar-refractivity contribution in [3.8, 4) is 11.8 Å². The number of aromatic nitrogens is 1. The molecule has 0 spiro atoms. The summed E-state index contributed by atoms with van der Waals surface area (Å²) < 4.78 is 26.8. The summed E-state index contributed by atoms with van der Waals surface area (Å²) >= 11 is 0. The lowest BCUT2D eigenvalue weighted by Crippen LogP contribution is -2.35. The first-order chi connectivity index (χ1) is 13.5. The number of nitrogens with two attached hydrogens (primary N) is 1. The predicted octanol–water partition coefficient (Wildman–Crippen LogP) is 2.69. The van der Waals surface area contributed by atoms with Crippen LogP contribution in [-0.2, 0) is 11.3 Å². The van der Waals surface area contributed by atoms with E-state index in [1.165, 1.54) is 12.1 Å². The minimum atomic E-state index is -0.784. The van der Waals surface area contributed by atoms with Crippen LogP contribution >= 0.6 is 0 Å². The van der Waals surface area contributed by atoms with Gasteiger partial charge in [0.25, 0.3) is 5.56 Å². The van der Waals surface area contributed by atoms with Gasteiger partial charge in [-0.2, -0.15) is 5.26 Å². The second kappa shape index (κ2) is 7.13. The number of pyridine rings is 1. The van der Waals surface area contributed by atoms with Gasteiger partial charge in [0.1, 0.15) is 23.2 Å². The van der Waals surface area contributed by atoms with Gasteiger partial charge in [0, 0.05) is 18.4 Å². The zero-order valence-corrected chi connectivity index (χ0v) is 15.4. The van der Waals surface area contributed by atoms with E-state index in [1.807, 2.05) is 13.0 Å². The lowest BCUT2D eigenvalue weighted by atomic mass is 9.84. The first kappa shape index (κ1) is 18.3. The van der Waals surface area contributed by atoms with Crippen molar-refractivity contribution in [3.05, 3.63) is 74.8 Å². The van der Waals surface area contributed by atoms with Gasteiger partial charge in [-0.05, 0) is 37.5 Å². The van der Waals surface area contributed by atoms with Crippen LogP contribution in [0.1, 0.15) is 35.6 Å². The highest BCUT2D eigenvalue weighted by atomic mass is 19.1. The van der Waals surface area contributed by atoms with E-state index < -0.39 is 11.7 Å². The van der Waals surface area contributed by atoms with Gasteiger partial charge >= 0.3 is 0 Å². The smallest absolute Gasteiger partial charge is 0.258 e. The van der Waals surface area contributed by atoms with E-state index in [0.717, 1.165) is 12.8 Å². The molecule has 0 bridgehead atoms. The molecular weight excluding hydrogens is 361 g/mol. The Balaban J connectivity index is 1.90. The number of hydrogen-bond donors (Lipinski definition) is 1. The van der Waals surface area contributed by atoms with Crippen molar-refractivity contribution >= 4 is 0 Å². The summed E-state index contributed by atoms with van der Waals surface area (Å²) in [6.45, 7) is 2.93. The van der Waals surface area contributed by atoms with Gasteiger partial charge in [0.05, 0.1) is 24.1 Å². The maximum atomic E-state index is 13.9. The molecule has 0 unspecified atom stereocenters. The molecule has 144 valence electrons. The maximum absolute atomic E-state index is 13.9. The molecule has 1 aromatic carbocycles. The summed E-state index contributed by atoms with van der Waals surface area (Å²) in [6, 6.07) is 9.62. The van der Waals surface area contributed by atoms with Crippen LogP contribution in [0.2, 0.25) is 0 Å². The SMILES string of the molecule is Cc1cc2c(c(=O)n1C[C@@H]1CCCO1)[C@@H](c1cccc(F)c1)C(C#N)=C(N)O2. The fourth-order valence-corrected chi connectivity index (χ4v) is 3.92. The van der Waals surface area contributed by atoms with Gasteiger partial charge in [0.15, 0.2) is 0 Å². The summed E-state index contributed by atoms with van der Waals surface area (Å²) in [6.07, 6.45) is 1.84. The number of ether oxygens (including phenoxy) is 2. The molecule has 0 amide bonds. The minimum absolute atomic E-state index is 0.0253. The van der Waals surface area contributed by atoms with Crippen molar-refractivity contribution in [2.24, 2.45) is 5.73 Å². The number of hydrogen-bond acceptors (Lipinski definition) is 5. The number of allylic oxidation sites excluding steroid dienone is 1. The zero-order valence-electron chi connectivity index (χ0n) is 15.4. The molecule has 2 aliphatic heterocycles. The Morgan fingerprint density at radius 3 is 2.89 bits per heavy atom. The summed E-state index contributed by atoms with van der Waals surface area (Å²) in [7, 11) is 0. The molecule has 0 aliphatic carbocycles. The Kier molecular flexibility index (Phi) is 4.65. The molecule has 6 nitrogen and oxygen atoms in total. The monoisotopic (exact) mass is 381 g/mol. The number of aryl methyl sites for hydroxylation is 1. The van der Waals surface area contributed by atoms with Gasteiger partial charge in [-0.25, -0.2) is 4.39 Å². The van der Waals surface area contributed by atoms with Crippen LogP contribution in [0.15, 0.2) is 46.6 Å². The summed E-state index contributed by atoms with van der Waals surface area (Å²) in [5, 5.41) is 9.64. The van der Waals surface area contributed by atoms with Gasteiger partial charge in [0.2, 0.25) is 5.88 Å². The number of rotatable bonds is 3. The molecule has 0 saturated carbocycles. The van der Waals surface area contributed by atoms with E-state index in [9.17, 15) is 14.4 Å². The lowest BCUT2D eigenvalue weighted by molar-refractivity contribution is 0.0955.